The van der Waals surface area contributed by atoms with Gasteiger partial charge in [0.15, 0.2) is 0 Å². The van der Waals surface area contributed by atoms with Crippen molar-refractivity contribution in [1.29, 1.82) is 0 Å². The van der Waals surface area contributed by atoms with E-state index in [4.69, 9.17) is 11.6 Å². The van der Waals surface area contributed by atoms with Crippen LogP contribution in [-0.2, 0) is 0 Å². The minimum absolute atomic E-state index is 0.138. The van der Waals surface area contributed by atoms with Crippen LogP contribution in [0, 0.1) is 10.1 Å². The molecule has 0 atom stereocenters. The molecular formula is C14H18ClN3O3. The van der Waals surface area contributed by atoms with Gasteiger partial charge in [-0.2, -0.15) is 0 Å². The fourth-order valence-corrected chi connectivity index (χ4v) is 2.61. The van der Waals surface area contributed by atoms with Crippen molar-refractivity contribution in [3.8, 4) is 0 Å². The standard InChI is InChI=1S/C14H18ClN3O3/c15-13-5-4-11(18(20)21)10-12(13)14(19)16-6-9-17-7-2-1-3-8-17/h4-5,10H,1-3,6-9H2,(H,16,19). The summed E-state index contributed by atoms with van der Waals surface area (Å²) in [6.45, 7) is 3.43. The van der Waals surface area contributed by atoms with Gasteiger partial charge in [-0.15, -0.1) is 0 Å². The second-order valence-corrected chi connectivity index (χ2v) is 5.49. The first kappa shape index (κ1) is 15.7. The van der Waals surface area contributed by atoms with Crippen molar-refractivity contribution in [3.05, 3.63) is 38.9 Å². The second kappa shape index (κ2) is 7.38. The van der Waals surface area contributed by atoms with E-state index in [1.165, 1.54) is 37.5 Å². The zero-order chi connectivity index (χ0) is 15.2. The number of likely N-dealkylation sites (tertiary alicyclic amines) is 1. The van der Waals surface area contributed by atoms with Gasteiger partial charge in [0.1, 0.15) is 0 Å². The molecule has 0 aliphatic carbocycles. The van der Waals surface area contributed by atoms with Crippen LogP contribution in [0.1, 0.15) is 29.6 Å². The second-order valence-electron chi connectivity index (χ2n) is 5.08. The maximum atomic E-state index is 12.0. The van der Waals surface area contributed by atoms with Gasteiger partial charge < -0.3 is 10.2 Å². The molecule has 1 fully saturated rings. The number of carbonyl (C=O) groups is 1. The van der Waals surface area contributed by atoms with Gasteiger partial charge in [0, 0.05) is 25.2 Å². The third kappa shape index (κ3) is 4.41. The molecule has 0 unspecified atom stereocenters. The summed E-state index contributed by atoms with van der Waals surface area (Å²) in [6.07, 6.45) is 3.67. The molecule has 6 nitrogen and oxygen atoms in total. The molecule has 1 N–H and O–H groups in total. The molecular weight excluding hydrogens is 294 g/mol. The summed E-state index contributed by atoms with van der Waals surface area (Å²) in [5.74, 6) is -0.374. The van der Waals surface area contributed by atoms with E-state index in [0.29, 0.717) is 6.54 Å². The van der Waals surface area contributed by atoms with E-state index < -0.39 is 4.92 Å². The number of nitrogens with zero attached hydrogens (tertiary/aromatic N) is 2. The van der Waals surface area contributed by atoms with Crippen molar-refractivity contribution < 1.29 is 9.72 Å². The van der Waals surface area contributed by atoms with Crippen LogP contribution in [-0.4, -0.2) is 41.9 Å². The predicted molar refractivity (Wildman–Crippen MR) is 80.7 cm³/mol. The lowest BCUT2D eigenvalue weighted by molar-refractivity contribution is -0.384. The van der Waals surface area contributed by atoms with E-state index >= 15 is 0 Å². The Kier molecular flexibility index (Phi) is 5.52. The summed E-state index contributed by atoms with van der Waals surface area (Å²) in [5, 5.41) is 13.7. The number of nitrogens with one attached hydrogen (secondary N) is 1. The Labute approximate surface area is 128 Å². The number of halogens is 1. The van der Waals surface area contributed by atoms with Gasteiger partial charge in [-0.3, -0.25) is 14.9 Å². The smallest absolute Gasteiger partial charge is 0.270 e. The van der Waals surface area contributed by atoms with Gasteiger partial charge in [-0.1, -0.05) is 18.0 Å². The first-order valence-corrected chi connectivity index (χ1v) is 7.40. The number of hydrogen-bond acceptors (Lipinski definition) is 4. The average Bonchev–Trinajstić information content (AvgIpc) is 2.48. The lowest BCUT2D eigenvalue weighted by Crippen LogP contribution is -2.37. The summed E-state index contributed by atoms with van der Waals surface area (Å²) in [4.78, 5) is 24.5. The largest absolute Gasteiger partial charge is 0.351 e. The molecule has 114 valence electrons. The molecule has 1 heterocycles. The third-order valence-corrected chi connectivity index (χ3v) is 3.90. The van der Waals surface area contributed by atoms with Crippen LogP contribution in [0.15, 0.2) is 18.2 Å². The van der Waals surface area contributed by atoms with Crippen molar-refractivity contribution in [2.24, 2.45) is 0 Å². The van der Waals surface area contributed by atoms with Crippen LogP contribution >= 0.6 is 11.6 Å². The maximum absolute atomic E-state index is 12.0. The Morgan fingerprint density at radius 1 is 1.33 bits per heavy atom. The molecule has 0 spiro atoms. The Bertz CT molecular complexity index is 530. The number of carbonyl (C=O) groups excluding carboxylic acids is 1. The fraction of sp³-hybridized carbons (Fsp3) is 0.500. The summed E-state index contributed by atoms with van der Waals surface area (Å²) >= 11 is 5.93. The van der Waals surface area contributed by atoms with Crippen LogP contribution in [0.5, 0.6) is 0 Å². The number of piperidine rings is 1. The quantitative estimate of drug-likeness (QED) is 0.669. The first-order valence-electron chi connectivity index (χ1n) is 7.02. The van der Waals surface area contributed by atoms with Gasteiger partial charge in [0.2, 0.25) is 0 Å². The highest BCUT2D eigenvalue weighted by atomic mass is 35.5. The predicted octanol–water partition coefficient (Wildman–Crippen LogP) is 2.46. The fourth-order valence-electron chi connectivity index (χ4n) is 2.41. The van der Waals surface area contributed by atoms with Crippen LogP contribution in [0.3, 0.4) is 0 Å². The normalized spacial score (nSPS) is 15.7. The molecule has 0 bridgehead atoms. The Morgan fingerprint density at radius 2 is 2.05 bits per heavy atom. The number of non-ortho nitro benzene ring substituents is 1. The lowest BCUT2D eigenvalue weighted by Gasteiger charge is -2.26. The average molecular weight is 312 g/mol. The van der Waals surface area contributed by atoms with Gasteiger partial charge in [0.05, 0.1) is 15.5 Å². The topological polar surface area (TPSA) is 75.5 Å². The minimum atomic E-state index is -0.541. The zero-order valence-corrected chi connectivity index (χ0v) is 12.4. The molecule has 1 aliphatic rings. The monoisotopic (exact) mass is 311 g/mol. The summed E-state index contributed by atoms with van der Waals surface area (Å²) in [5.41, 5.74) is 0.00471. The van der Waals surface area contributed by atoms with Gasteiger partial charge >= 0.3 is 0 Å². The van der Waals surface area contributed by atoms with E-state index in [9.17, 15) is 14.9 Å². The Morgan fingerprint density at radius 3 is 2.71 bits per heavy atom. The van der Waals surface area contributed by atoms with Gasteiger partial charge in [0.25, 0.3) is 11.6 Å². The molecule has 1 aromatic carbocycles. The van der Waals surface area contributed by atoms with Gasteiger partial charge in [-0.25, -0.2) is 0 Å². The number of amides is 1. The number of benzene rings is 1. The molecule has 21 heavy (non-hydrogen) atoms. The summed E-state index contributed by atoms with van der Waals surface area (Å²) in [7, 11) is 0. The van der Waals surface area contributed by atoms with E-state index in [-0.39, 0.29) is 22.2 Å². The van der Waals surface area contributed by atoms with Crippen molar-refractivity contribution in [3.63, 3.8) is 0 Å². The molecule has 1 amide bonds. The van der Waals surface area contributed by atoms with Crippen LogP contribution < -0.4 is 5.32 Å². The van der Waals surface area contributed by atoms with Crippen molar-refractivity contribution in [1.82, 2.24) is 10.2 Å². The molecule has 0 saturated carbocycles. The number of nitro groups is 1. The molecule has 2 rings (SSSR count). The van der Waals surface area contributed by atoms with E-state index in [1.807, 2.05) is 0 Å². The maximum Gasteiger partial charge on any atom is 0.270 e. The molecule has 0 radical (unpaired) electrons. The summed E-state index contributed by atoms with van der Waals surface area (Å²) < 4.78 is 0. The lowest BCUT2D eigenvalue weighted by atomic mass is 10.1. The van der Waals surface area contributed by atoms with Crippen molar-refractivity contribution >= 4 is 23.2 Å². The van der Waals surface area contributed by atoms with Gasteiger partial charge in [-0.05, 0) is 32.0 Å². The van der Waals surface area contributed by atoms with Crippen LogP contribution in [0.4, 0.5) is 5.69 Å². The highest BCUT2D eigenvalue weighted by Crippen LogP contribution is 2.21. The van der Waals surface area contributed by atoms with Crippen molar-refractivity contribution in [2.75, 3.05) is 26.2 Å². The van der Waals surface area contributed by atoms with E-state index in [0.717, 1.165) is 19.6 Å². The Balaban J connectivity index is 1.90. The molecule has 0 aromatic heterocycles. The summed E-state index contributed by atoms with van der Waals surface area (Å²) in [6, 6.07) is 3.87. The number of rotatable bonds is 5. The SMILES string of the molecule is O=C(NCCN1CCCCC1)c1cc([N+](=O)[O-])ccc1Cl. The number of hydrogen-bond donors (Lipinski definition) is 1. The van der Waals surface area contributed by atoms with E-state index in [2.05, 4.69) is 10.2 Å². The third-order valence-electron chi connectivity index (χ3n) is 3.57. The highest BCUT2D eigenvalue weighted by Gasteiger charge is 2.16. The molecule has 1 aromatic rings. The zero-order valence-electron chi connectivity index (χ0n) is 11.7. The van der Waals surface area contributed by atoms with Crippen molar-refractivity contribution in [2.45, 2.75) is 19.3 Å². The number of nitro benzene ring substituents is 1. The van der Waals surface area contributed by atoms with Crippen LogP contribution in [0.25, 0.3) is 0 Å². The molecule has 1 saturated heterocycles. The van der Waals surface area contributed by atoms with Crippen LogP contribution in [0.2, 0.25) is 5.02 Å². The minimum Gasteiger partial charge on any atom is -0.351 e. The highest BCUT2D eigenvalue weighted by molar-refractivity contribution is 6.33. The molecule has 1 aliphatic heterocycles. The first-order chi connectivity index (χ1) is 10.1. The molecule has 7 heteroatoms. The Hall–Kier alpha value is -1.66. The van der Waals surface area contributed by atoms with E-state index in [1.54, 1.807) is 0 Å².